The van der Waals surface area contributed by atoms with Gasteiger partial charge in [0.1, 0.15) is 13.2 Å². The van der Waals surface area contributed by atoms with Crippen molar-refractivity contribution in [3.8, 4) is 5.75 Å². The van der Waals surface area contributed by atoms with Crippen LogP contribution in [0.4, 0.5) is 0 Å². The molecule has 0 saturated heterocycles. The summed E-state index contributed by atoms with van der Waals surface area (Å²) < 4.78 is 16.5. The Hall–Kier alpha value is -3.46. The molecule has 1 aromatic carbocycles. The van der Waals surface area contributed by atoms with Crippen LogP contribution in [-0.2, 0) is 20.9 Å². The van der Waals surface area contributed by atoms with Crippen molar-refractivity contribution in [2.24, 2.45) is 0 Å². The minimum absolute atomic E-state index is 0.0279. The molecule has 0 spiro atoms. The van der Waals surface area contributed by atoms with Crippen LogP contribution in [0.25, 0.3) is 0 Å². The number of carbonyl (C=O) groups excluding carboxylic acids is 3. The van der Waals surface area contributed by atoms with E-state index in [0.29, 0.717) is 19.6 Å². The van der Waals surface area contributed by atoms with Crippen LogP contribution >= 0.6 is 0 Å². The lowest BCUT2D eigenvalue weighted by Crippen LogP contribution is -2.31. The molecule has 0 aliphatic rings. The number of amides is 2. The highest BCUT2D eigenvalue weighted by Gasteiger charge is 2.18. The molecule has 2 rings (SSSR count). The lowest BCUT2D eigenvalue weighted by Gasteiger charge is -2.16. The molecule has 41 heavy (non-hydrogen) atoms. The molecular formula is C32H47N3O6. The Labute approximate surface area is 244 Å². The van der Waals surface area contributed by atoms with Crippen molar-refractivity contribution in [1.29, 1.82) is 0 Å². The number of ether oxygens (including phenoxy) is 3. The second-order valence-corrected chi connectivity index (χ2v) is 10.0. The number of hydrogen-bond acceptors (Lipinski definition) is 7. The zero-order valence-electron chi connectivity index (χ0n) is 24.9. The average Bonchev–Trinajstić information content (AvgIpc) is 3.01. The van der Waals surface area contributed by atoms with Gasteiger partial charge in [-0.15, -0.1) is 0 Å². The van der Waals surface area contributed by atoms with E-state index in [1.165, 1.54) is 64.3 Å². The van der Waals surface area contributed by atoms with Crippen LogP contribution < -0.4 is 15.4 Å². The van der Waals surface area contributed by atoms with Crippen molar-refractivity contribution in [3.63, 3.8) is 0 Å². The van der Waals surface area contributed by atoms with Gasteiger partial charge in [0.25, 0.3) is 11.8 Å². The van der Waals surface area contributed by atoms with Crippen LogP contribution in [0.5, 0.6) is 5.75 Å². The maximum atomic E-state index is 12.6. The van der Waals surface area contributed by atoms with Gasteiger partial charge in [0.05, 0.1) is 18.8 Å². The van der Waals surface area contributed by atoms with Gasteiger partial charge < -0.3 is 24.8 Å². The number of carbonyl (C=O) groups is 3. The van der Waals surface area contributed by atoms with Gasteiger partial charge in [0, 0.05) is 19.3 Å². The molecule has 9 nitrogen and oxygen atoms in total. The molecule has 0 aliphatic heterocycles. The molecule has 226 valence electrons. The molecule has 9 heteroatoms. The number of esters is 1. The maximum absolute atomic E-state index is 12.6. The summed E-state index contributed by atoms with van der Waals surface area (Å²) in [7, 11) is 1.39. The first-order valence-corrected chi connectivity index (χ1v) is 14.9. The number of nitrogens with zero attached hydrogens (tertiary/aromatic N) is 1. The Bertz CT molecular complexity index is 1050. The van der Waals surface area contributed by atoms with Gasteiger partial charge in [0.15, 0.2) is 11.4 Å². The number of hydrogen-bond donors (Lipinski definition) is 2. The minimum atomic E-state index is -0.607. The Morgan fingerprint density at radius 1 is 0.902 bits per heavy atom. The third-order valence-corrected chi connectivity index (χ3v) is 6.73. The van der Waals surface area contributed by atoms with E-state index < -0.39 is 11.9 Å². The highest BCUT2D eigenvalue weighted by atomic mass is 16.5. The Morgan fingerprint density at radius 2 is 1.63 bits per heavy atom. The van der Waals surface area contributed by atoms with E-state index in [-0.39, 0.29) is 42.2 Å². The third-order valence-electron chi connectivity index (χ3n) is 6.73. The highest BCUT2D eigenvalue weighted by molar-refractivity contribution is 5.99. The average molecular weight is 570 g/mol. The smallest absolute Gasteiger partial charge is 0.325 e. The van der Waals surface area contributed by atoms with Gasteiger partial charge in [0.2, 0.25) is 0 Å². The van der Waals surface area contributed by atoms with E-state index >= 15 is 0 Å². The summed E-state index contributed by atoms with van der Waals surface area (Å²) in [6.07, 6.45) is 13.4. The van der Waals surface area contributed by atoms with Gasteiger partial charge in [-0.1, -0.05) is 89.1 Å². The Morgan fingerprint density at radius 3 is 2.34 bits per heavy atom. The molecule has 2 aromatic rings. The molecule has 0 radical (unpaired) electrons. The van der Waals surface area contributed by atoms with Crippen LogP contribution in [0, 0.1) is 0 Å². The number of benzene rings is 1. The lowest BCUT2D eigenvalue weighted by atomic mass is 10.1. The number of methoxy groups -OCH3 is 1. The fraction of sp³-hybridized carbons (Fsp3) is 0.562. The summed E-state index contributed by atoms with van der Waals surface area (Å²) in [5.74, 6) is -1.37. The van der Waals surface area contributed by atoms with Crippen LogP contribution in [-0.4, -0.2) is 55.7 Å². The molecule has 0 fully saturated rings. The normalized spacial score (nSPS) is 11.5. The van der Waals surface area contributed by atoms with E-state index in [2.05, 4.69) is 29.5 Å². The fourth-order valence-electron chi connectivity index (χ4n) is 4.28. The summed E-state index contributed by atoms with van der Waals surface area (Å²) in [6, 6.07) is 10.7. The molecule has 1 heterocycles. The van der Waals surface area contributed by atoms with Crippen molar-refractivity contribution in [1.82, 2.24) is 15.6 Å². The second kappa shape index (κ2) is 20.4. The topological polar surface area (TPSA) is 116 Å². The van der Waals surface area contributed by atoms with Crippen molar-refractivity contribution in [2.45, 2.75) is 90.8 Å². The molecule has 0 bridgehead atoms. The first-order chi connectivity index (χ1) is 20.0. The first-order valence-electron chi connectivity index (χ1n) is 14.9. The van der Waals surface area contributed by atoms with Gasteiger partial charge in [-0.3, -0.25) is 14.4 Å². The molecule has 1 atom stereocenters. The van der Waals surface area contributed by atoms with Crippen molar-refractivity contribution >= 4 is 17.8 Å². The van der Waals surface area contributed by atoms with Crippen LogP contribution in [0.2, 0.25) is 0 Å². The number of rotatable bonds is 21. The standard InChI is InChI=1S/C32H47N3O6/c1-4-6-7-8-9-10-14-18-27(5-2)40-20-15-19-33-31(37)26-21-28(39-3)30(34-22-26)32(38)35-23-29(36)41-24-25-16-12-11-13-17-25/h11-13,16-17,21-22,27H,4-10,14-15,18-20,23-24H2,1-3H3,(H,33,37)(H,35,38). The number of pyridine rings is 1. The van der Waals surface area contributed by atoms with Gasteiger partial charge in [-0.05, 0) is 30.9 Å². The number of aromatic nitrogens is 1. The predicted molar refractivity (Wildman–Crippen MR) is 159 cm³/mol. The van der Waals surface area contributed by atoms with Gasteiger partial charge in [-0.25, -0.2) is 4.98 Å². The summed E-state index contributed by atoms with van der Waals surface area (Å²) in [6.45, 7) is 5.23. The second-order valence-electron chi connectivity index (χ2n) is 10.0. The zero-order valence-corrected chi connectivity index (χ0v) is 24.9. The molecule has 1 aromatic heterocycles. The van der Waals surface area contributed by atoms with E-state index in [4.69, 9.17) is 14.2 Å². The lowest BCUT2D eigenvalue weighted by molar-refractivity contribution is -0.143. The molecule has 0 saturated carbocycles. The molecule has 1 unspecified atom stereocenters. The van der Waals surface area contributed by atoms with E-state index in [0.717, 1.165) is 18.4 Å². The fourth-order valence-corrected chi connectivity index (χ4v) is 4.28. The maximum Gasteiger partial charge on any atom is 0.325 e. The molecule has 2 amide bonds. The Balaban J connectivity index is 1.69. The zero-order chi connectivity index (χ0) is 29.7. The minimum Gasteiger partial charge on any atom is -0.494 e. The summed E-state index contributed by atoms with van der Waals surface area (Å²) in [5.41, 5.74) is 1.09. The summed E-state index contributed by atoms with van der Waals surface area (Å²) >= 11 is 0. The third kappa shape index (κ3) is 13.6. The predicted octanol–water partition coefficient (Wildman–Crippen LogP) is 5.62. The molecule has 0 aliphatic carbocycles. The summed E-state index contributed by atoms with van der Waals surface area (Å²) in [5, 5.41) is 5.33. The van der Waals surface area contributed by atoms with Crippen LogP contribution in [0.3, 0.4) is 0 Å². The van der Waals surface area contributed by atoms with Crippen LogP contribution in [0.1, 0.15) is 104 Å². The quantitative estimate of drug-likeness (QED) is 0.148. The van der Waals surface area contributed by atoms with Crippen LogP contribution in [0.15, 0.2) is 42.6 Å². The largest absolute Gasteiger partial charge is 0.494 e. The van der Waals surface area contributed by atoms with Gasteiger partial charge >= 0.3 is 5.97 Å². The first kappa shape index (κ1) is 33.7. The van der Waals surface area contributed by atoms with Crippen molar-refractivity contribution in [2.75, 3.05) is 26.8 Å². The van der Waals surface area contributed by atoms with Crippen molar-refractivity contribution in [3.05, 3.63) is 59.4 Å². The van der Waals surface area contributed by atoms with E-state index in [1.807, 2.05) is 30.3 Å². The summed E-state index contributed by atoms with van der Waals surface area (Å²) in [4.78, 5) is 41.3. The number of unbranched alkanes of at least 4 members (excludes halogenated alkanes) is 6. The Kier molecular flexibility index (Phi) is 16.8. The molecular weight excluding hydrogens is 522 g/mol. The molecule has 2 N–H and O–H groups in total. The van der Waals surface area contributed by atoms with Crippen molar-refractivity contribution < 1.29 is 28.6 Å². The monoisotopic (exact) mass is 569 g/mol. The van der Waals surface area contributed by atoms with Gasteiger partial charge in [-0.2, -0.15) is 0 Å². The highest BCUT2D eigenvalue weighted by Crippen LogP contribution is 2.18. The van der Waals surface area contributed by atoms with E-state index in [9.17, 15) is 14.4 Å². The van der Waals surface area contributed by atoms with E-state index in [1.54, 1.807) is 0 Å². The number of nitrogens with one attached hydrogen (secondary N) is 2. The SMILES string of the molecule is CCCCCCCCCC(CC)OCCCNC(=O)c1cnc(C(=O)NCC(=O)OCc2ccccc2)c(OC)c1.